The van der Waals surface area contributed by atoms with E-state index in [4.69, 9.17) is 16.0 Å². The van der Waals surface area contributed by atoms with E-state index >= 15 is 0 Å². The molecule has 3 rings (SSSR count). The number of ketones is 1. The lowest BCUT2D eigenvalue weighted by atomic mass is 10.1. The van der Waals surface area contributed by atoms with Crippen molar-refractivity contribution in [1.82, 2.24) is 0 Å². The molecule has 0 unspecified atom stereocenters. The third kappa shape index (κ3) is 2.21. The second kappa shape index (κ2) is 4.76. The third-order valence-electron chi connectivity index (χ3n) is 3.07. The van der Waals surface area contributed by atoms with Gasteiger partial charge in [-0.05, 0) is 43.3 Å². The Morgan fingerprint density at radius 2 is 1.95 bits per heavy atom. The van der Waals surface area contributed by atoms with Crippen LogP contribution in [-0.4, -0.2) is 5.78 Å². The summed E-state index contributed by atoms with van der Waals surface area (Å²) in [5.74, 6) is -0.927. The van der Waals surface area contributed by atoms with Crippen molar-refractivity contribution in [2.24, 2.45) is 0 Å². The van der Waals surface area contributed by atoms with Crippen LogP contribution in [-0.2, 0) is 0 Å². The fourth-order valence-electron chi connectivity index (χ4n) is 2.07. The molecule has 2 nitrogen and oxygen atoms in total. The Morgan fingerprint density at radius 3 is 2.75 bits per heavy atom. The first-order valence-corrected chi connectivity index (χ1v) is 6.42. The van der Waals surface area contributed by atoms with E-state index in [1.54, 1.807) is 37.3 Å². The SMILES string of the molecule is Cc1ccc(F)c(C(=O)c2cc3cc(Cl)ccc3o2)c1. The molecule has 0 amide bonds. The van der Waals surface area contributed by atoms with Gasteiger partial charge in [0, 0.05) is 10.4 Å². The normalized spacial score (nSPS) is 10.9. The summed E-state index contributed by atoms with van der Waals surface area (Å²) in [6, 6.07) is 11.0. The first kappa shape index (κ1) is 12.9. The van der Waals surface area contributed by atoms with Crippen LogP contribution >= 0.6 is 11.6 Å². The lowest BCUT2D eigenvalue weighted by Crippen LogP contribution is -2.03. The van der Waals surface area contributed by atoms with E-state index in [2.05, 4.69) is 0 Å². The maximum Gasteiger partial charge on any atom is 0.231 e. The second-order valence-electron chi connectivity index (χ2n) is 4.61. The van der Waals surface area contributed by atoms with Crippen molar-refractivity contribution >= 4 is 28.4 Å². The molecule has 0 spiro atoms. The topological polar surface area (TPSA) is 30.2 Å². The molecule has 0 N–H and O–H groups in total. The molecule has 0 fully saturated rings. The summed E-state index contributed by atoms with van der Waals surface area (Å²) in [5.41, 5.74) is 1.37. The molecule has 2 aromatic carbocycles. The van der Waals surface area contributed by atoms with Crippen LogP contribution in [0.5, 0.6) is 0 Å². The van der Waals surface area contributed by atoms with E-state index in [1.807, 2.05) is 0 Å². The number of aryl methyl sites for hydroxylation is 1. The van der Waals surface area contributed by atoms with Crippen molar-refractivity contribution in [1.29, 1.82) is 0 Å². The molecule has 1 aromatic heterocycles. The fourth-order valence-corrected chi connectivity index (χ4v) is 2.25. The van der Waals surface area contributed by atoms with Gasteiger partial charge in [0.1, 0.15) is 11.4 Å². The van der Waals surface area contributed by atoms with Gasteiger partial charge < -0.3 is 4.42 Å². The van der Waals surface area contributed by atoms with Gasteiger partial charge >= 0.3 is 0 Å². The number of hydrogen-bond acceptors (Lipinski definition) is 2. The Labute approximate surface area is 119 Å². The van der Waals surface area contributed by atoms with Gasteiger partial charge in [0.15, 0.2) is 5.76 Å². The maximum atomic E-state index is 13.7. The molecule has 0 atom stereocenters. The Kier molecular flexibility index (Phi) is 3.07. The van der Waals surface area contributed by atoms with E-state index in [9.17, 15) is 9.18 Å². The highest BCUT2D eigenvalue weighted by Gasteiger charge is 2.18. The molecule has 0 bridgehead atoms. The number of carbonyl (C=O) groups is 1. The van der Waals surface area contributed by atoms with E-state index in [0.717, 1.165) is 5.56 Å². The van der Waals surface area contributed by atoms with Crippen molar-refractivity contribution in [3.63, 3.8) is 0 Å². The summed E-state index contributed by atoms with van der Waals surface area (Å²) in [6.45, 7) is 1.80. The molecule has 0 saturated carbocycles. The van der Waals surface area contributed by atoms with Gasteiger partial charge in [-0.1, -0.05) is 23.2 Å². The summed E-state index contributed by atoms with van der Waals surface area (Å²) in [7, 11) is 0. The monoisotopic (exact) mass is 288 g/mol. The van der Waals surface area contributed by atoms with E-state index in [-0.39, 0.29) is 11.3 Å². The molecule has 0 saturated heterocycles. The molecule has 0 aliphatic carbocycles. The van der Waals surface area contributed by atoms with Crippen LogP contribution in [0.3, 0.4) is 0 Å². The van der Waals surface area contributed by atoms with Crippen molar-refractivity contribution in [2.45, 2.75) is 6.92 Å². The van der Waals surface area contributed by atoms with Gasteiger partial charge in [0.05, 0.1) is 5.56 Å². The van der Waals surface area contributed by atoms with E-state index in [1.165, 1.54) is 12.1 Å². The molecular weight excluding hydrogens is 279 g/mol. The number of furan rings is 1. The summed E-state index contributed by atoms with van der Waals surface area (Å²) in [4.78, 5) is 12.3. The lowest BCUT2D eigenvalue weighted by Gasteiger charge is -2.01. The summed E-state index contributed by atoms with van der Waals surface area (Å²) in [5, 5.41) is 1.27. The first-order chi connectivity index (χ1) is 9.54. The first-order valence-electron chi connectivity index (χ1n) is 6.04. The highest BCUT2D eigenvalue weighted by Crippen LogP contribution is 2.25. The van der Waals surface area contributed by atoms with Gasteiger partial charge in [-0.3, -0.25) is 4.79 Å². The van der Waals surface area contributed by atoms with Crippen LogP contribution in [0.4, 0.5) is 4.39 Å². The van der Waals surface area contributed by atoms with Crippen LogP contribution in [0.15, 0.2) is 46.9 Å². The van der Waals surface area contributed by atoms with Crippen LogP contribution in [0.2, 0.25) is 5.02 Å². The smallest absolute Gasteiger partial charge is 0.231 e. The Hall–Kier alpha value is -2.13. The van der Waals surface area contributed by atoms with E-state index < -0.39 is 11.6 Å². The van der Waals surface area contributed by atoms with E-state index in [0.29, 0.717) is 16.0 Å². The number of halogens is 2. The third-order valence-corrected chi connectivity index (χ3v) is 3.30. The lowest BCUT2D eigenvalue weighted by molar-refractivity contribution is 0.101. The molecule has 4 heteroatoms. The second-order valence-corrected chi connectivity index (χ2v) is 5.04. The van der Waals surface area contributed by atoms with Crippen LogP contribution < -0.4 is 0 Å². The molecule has 100 valence electrons. The average molecular weight is 289 g/mol. The number of benzene rings is 2. The minimum atomic E-state index is -0.556. The molecular formula is C16H10ClFO2. The Bertz CT molecular complexity index is 820. The summed E-state index contributed by atoms with van der Waals surface area (Å²) in [6.07, 6.45) is 0. The van der Waals surface area contributed by atoms with Crippen molar-refractivity contribution in [3.05, 3.63) is 70.2 Å². The molecule has 1 heterocycles. The zero-order valence-electron chi connectivity index (χ0n) is 10.6. The van der Waals surface area contributed by atoms with Gasteiger partial charge in [-0.2, -0.15) is 0 Å². The molecule has 3 aromatic rings. The highest BCUT2D eigenvalue weighted by molar-refractivity contribution is 6.31. The summed E-state index contributed by atoms with van der Waals surface area (Å²) >= 11 is 5.88. The van der Waals surface area contributed by atoms with Gasteiger partial charge in [-0.15, -0.1) is 0 Å². The molecule has 20 heavy (non-hydrogen) atoms. The van der Waals surface area contributed by atoms with Crippen molar-refractivity contribution < 1.29 is 13.6 Å². The molecule has 0 aliphatic rings. The average Bonchev–Trinajstić information content (AvgIpc) is 2.83. The van der Waals surface area contributed by atoms with Crippen molar-refractivity contribution in [2.75, 3.05) is 0 Å². The van der Waals surface area contributed by atoms with Gasteiger partial charge in [0.2, 0.25) is 5.78 Å². The Balaban J connectivity index is 2.10. The zero-order chi connectivity index (χ0) is 14.3. The minimum Gasteiger partial charge on any atom is -0.453 e. The number of carbonyl (C=O) groups excluding carboxylic acids is 1. The maximum absolute atomic E-state index is 13.7. The number of fused-ring (bicyclic) bond motifs is 1. The molecule has 0 aliphatic heterocycles. The Morgan fingerprint density at radius 1 is 1.15 bits per heavy atom. The largest absolute Gasteiger partial charge is 0.453 e. The predicted octanol–water partition coefficient (Wildman–Crippen LogP) is 4.76. The standard InChI is InChI=1S/C16H10ClFO2/c1-9-2-4-13(18)12(6-9)16(19)15-8-10-7-11(17)3-5-14(10)20-15/h2-8H,1H3. The van der Waals surface area contributed by atoms with Gasteiger partial charge in [-0.25, -0.2) is 4.39 Å². The highest BCUT2D eigenvalue weighted by atomic mass is 35.5. The van der Waals surface area contributed by atoms with Crippen molar-refractivity contribution in [3.8, 4) is 0 Å². The zero-order valence-corrected chi connectivity index (χ0v) is 11.4. The fraction of sp³-hybridized carbons (Fsp3) is 0.0625. The summed E-state index contributed by atoms with van der Waals surface area (Å²) < 4.78 is 19.2. The molecule has 0 radical (unpaired) electrons. The number of hydrogen-bond donors (Lipinski definition) is 0. The van der Waals surface area contributed by atoms with Crippen LogP contribution in [0, 0.1) is 12.7 Å². The van der Waals surface area contributed by atoms with Gasteiger partial charge in [0.25, 0.3) is 0 Å². The predicted molar refractivity (Wildman–Crippen MR) is 75.8 cm³/mol. The quantitative estimate of drug-likeness (QED) is 0.636. The minimum absolute atomic E-state index is 0.00940. The van der Waals surface area contributed by atoms with Crippen LogP contribution in [0.1, 0.15) is 21.7 Å². The van der Waals surface area contributed by atoms with Crippen LogP contribution in [0.25, 0.3) is 11.0 Å². The number of rotatable bonds is 2.